The molecule has 2 aromatic heterocycles. The van der Waals surface area contributed by atoms with E-state index in [9.17, 15) is 0 Å². The predicted molar refractivity (Wildman–Crippen MR) is 124 cm³/mol. The molecule has 166 valence electrons. The van der Waals surface area contributed by atoms with Gasteiger partial charge in [0, 0.05) is 59.0 Å². The second-order valence-electron chi connectivity index (χ2n) is 7.08. The molecule has 0 saturated heterocycles. The maximum atomic E-state index is 5.90. The van der Waals surface area contributed by atoms with Crippen molar-refractivity contribution in [3.8, 4) is 39.4 Å². The van der Waals surface area contributed by atoms with Gasteiger partial charge in [-0.1, -0.05) is 23.9 Å². The number of fused-ring (bicyclic) bond motifs is 3. The molecule has 5 aromatic rings. The van der Waals surface area contributed by atoms with Crippen LogP contribution in [0.15, 0.2) is 97.3 Å². The standard InChI is InChI=1S/C18H10NO.C11H8N.Ir.Y/c1-2-6-13(7-3-1)16-10-11-19-17-15-9-5-4-8-14(15)12-20-18(16)17;1-2-6-10(7-3-1)11-8-4-5-9-12-11;;/h1-6,8,11H,12H2;1-6,8-9H;;/q-3;-1;;. The van der Waals surface area contributed by atoms with Gasteiger partial charge < -0.3 is 14.7 Å². The maximum Gasteiger partial charge on any atom is 0.0614 e. The van der Waals surface area contributed by atoms with E-state index in [0.717, 1.165) is 45.0 Å². The van der Waals surface area contributed by atoms with E-state index in [1.165, 1.54) is 0 Å². The monoisotopic (exact) mass is 692 g/mol. The molecule has 0 saturated carbocycles. The number of benzene rings is 3. The average molecular weight is 692 g/mol. The maximum absolute atomic E-state index is 5.90. The van der Waals surface area contributed by atoms with Gasteiger partial charge in [-0.05, 0) is 23.2 Å². The van der Waals surface area contributed by atoms with Crippen molar-refractivity contribution in [3.63, 3.8) is 0 Å². The smallest absolute Gasteiger partial charge is 0.0614 e. The molecule has 1 aliphatic rings. The molecule has 0 N–H and O–H groups in total. The Hall–Kier alpha value is -2.49. The van der Waals surface area contributed by atoms with E-state index in [4.69, 9.17) is 4.74 Å². The normalized spacial score (nSPS) is 10.6. The van der Waals surface area contributed by atoms with Gasteiger partial charge in [-0.25, -0.2) is 23.8 Å². The summed E-state index contributed by atoms with van der Waals surface area (Å²) in [7, 11) is 0. The van der Waals surface area contributed by atoms with Crippen LogP contribution >= 0.6 is 0 Å². The first-order valence-corrected chi connectivity index (χ1v) is 10.3. The number of ether oxygens (including phenoxy) is 1. The Morgan fingerprint density at radius 1 is 0.676 bits per heavy atom. The molecule has 1 aliphatic heterocycles. The van der Waals surface area contributed by atoms with E-state index in [2.05, 4.69) is 34.2 Å². The van der Waals surface area contributed by atoms with E-state index in [-0.39, 0.29) is 52.8 Å². The second kappa shape index (κ2) is 12.8. The molecule has 3 nitrogen and oxygen atoms in total. The summed E-state index contributed by atoms with van der Waals surface area (Å²) in [6.07, 6.45) is 3.48. The molecule has 0 atom stereocenters. The first kappa shape index (κ1) is 26.1. The van der Waals surface area contributed by atoms with Crippen LogP contribution in [0, 0.1) is 24.3 Å². The van der Waals surface area contributed by atoms with Crippen molar-refractivity contribution in [1.29, 1.82) is 0 Å². The van der Waals surface area contributed by atoms with E-state index < -0.39 is 0 Å². The van der Waals surface area contributed by atoms with E-state index in [1.807, 2.05) is 84.9 Å². The molecule has 5 heteroatoms. The summed E-state index contributed by atoms with van der Waals surface area (Å²) in [4.78, 5) is 8.64. The number of hydrogen-bond donors (Lipinski definition) is 0. The molecule has 34 heavy (non-hydrogen) atoms. The van der Waals surface area contributed by atoms with Gasteiger partial charge in [0.15, 0.2) is 0 Å². The summed E-state index contributed by atoms with van der Waals surface area (Å²) >= 11 is 0. The van der Waals surface area contributed by atoms with Gasteiger partial charge in [-0.2, -0.15) is 12.1 Å². The topological polar surface area (TPSA) is 35.0 Å². The van der Waals surface area contributed by atoms with Crippen molar-refractivity contribution in [3.05, 3.63) is 127 Å². The Morgan fingerprint density at radius 2 is 1.41 bits per heavy atom. The third kappa shape index (κ3) is 5.95. The minimum Gasteiger partial charge on any atom is -0.572 e. The molecule has 3 aromatic carbocycles. The van der Waals surface area contributed by atoms with Gasteiger partial charge in [-0.15, -0.1) is 71.8 Å². The van der Waals surface area contributed by atoms with Crippen molar-refractivity contribution < 1.29 is 57.6 Å². The molecule has 6 rings (SSSR count). The SMILES string of the molecule is [Ir].[Y].[c-]1ccccc1-c1[c-]cnc2c1OCc1ccc[c-]c1-2.[c-]1ccccc1-c1ccccn1. The van der Waals surface area contributed by atoms with Crippen LogP contribution in [-0.2, 0) is 59.4 Å². The predicted octanol–water partition coefficient (Wildman–Crippen LogP) is 6.25. The fraction of sp³-hybridized carbons (Fsp3) is 0.0345. The summed E-state index contributed by atoms with van der Waals surface area (Å²) in [5.74, 6) is 0.768. The fourth-order valence-electron chi connectivity index (χ4n) is 3.51. The van der Waals surface area contributed by atoms with Gasteiger partial charge in [0.2, 0.25) is 0 Å². The van der Waals surface area contributed by atoms with Gasteiger partial charge in [-0.3, -0.25) is 5.56 Å². The Kier molecular flexibility index (Phi) is 9.86. The molecule has 0 amide bonds. The zero-order valence-corrected chi connectivity index (χ0v) is 23.4. The van der Waals surface area contributed by atoms with E-state index >= 15 is 0 Å². The summed E-state index contributed by atoms with van der Waals surface area (Å²) in [6, 6.07) is 40.2. The average Bonchev–Trinajstić information content (AvgIpc) is 2.90. The van der Waals surface area contributed by atoms with Gasteiger partial charge in [0.1, 0.15) is 0 Å². The quantitative estimate of drug-likeness (QED) is 0.206. The number of aromatic nitrogens is 2. The van der Waals surface area contributed by atoms with Crippen LogP contribution in [0.3, 0.4) is 0 Å². The molecule has 3 heterocycles. The molecule has 0 aliphatic carbocycles. The Balaban J connectivity index is 0.000000201. The van der Waals surface area contributed by atoms with Gasteiger partial charge in [0.05, 0.1) is 6.61 Å². The minimum absolute atomic E-state index is 0. The summed E-state index contributed by atoms with van der Waals surface area (Å²) in [5.41, 5.74) is 6.83. The first-order chi connectivity index (χ1) is 15.9. The van der Waals surface area contributed by atoms with E-state index in [1.54, 1.807) is 12.4 Å². The Bertz CT molecular complexity index is 1260. The number of rotatable bonds is 2. The zero-order chi connectivity index (χ0) is 21.6. The number of hydrogen-bond acceptors (Lipinski definition) is 3. The molecule has 0 fully saturated rings. The molecule has 2 radical (unpaired) electrons. The van der Waals surface area contributed by atoms with Crippen LogP contribution in [0.4, 0.5) is 0 Å². The van der Waals surface area contributed by atoms with Gasteiger partial charge in [0.25, 0.3) is 0 Å². The minimum atomic E-state index is 0. The van der Waals surface area contributed by atoms with Crippen LogP contribution in [-0.4, -0.2) is 9.97 Å². The number of nitrogens with zero attached hydrogens (tertiary/aromatic N) is 2. The molecule has 0 bridgehead atoms. The summed E-state index contributed by atoms with van der Waals surface area (Å²) < 4.78 is 5.90. The summed E-state index contributed by atoms with van der Waals surface area (Å²) in [5, 5.41) is 0. The second-order valence-corrected chi connectivity index (χ2v) is 7.08. The van der Waals surface area contributed by atoms with Crippen LogP contribution in [0.25, 0.3) is 33.6 Å². The van der Waals surface area contributed by atoms with Crippen LogP contribution < -0.4 is 4.74 Å². The fourth-order valence-corrected chi connectivity index (χ4v) is 3.51. The first-order valence-electron chi connectivity index (χ1n) is 10.3. The molecular weight excluding hydrogens is 673 g/mol. The third-order valence-corrected chi connectivity index (χ3v) is 5.02. The largest absolute Gasteiger partial charge is 0.572 e. The van der Waals surface area contributed by atoms with Crippen molar-refractivity contribution in [1.82, 2.24) is 9.97 Å². The molecule has 0 unspecified atom stereocenters. The molecular formula is C29H18IrN2OY-4. The van der Waals surface area contributed by atoms with Crippen molar-refractivity contribution in [2.75, 3.05) is 0 Å². The summed E-state index contributed by atoms with van der Waals surface area (Å²) in [6.45, 7) is 0.541. The van der Waals surface area contributed by atoms with Crippen LogP contribution in [0.2, 0.25) is 0 Å². The van der Waals surface area contributed by atoms with Crippen LogP contribution in [0.5, 0.6) is 5.75 Å². The Labute approximate surface area is 238 Å². The Morgan fingerprint density at radius 3 is 2.12 bits per heavy atom. The van der Waals surface area contributed by atoms with Gasteiger partial charge >= 0.3 is 0 Å². The zero-order valence-electron chi connectivity index (χ0n) is 18.2. The van der Waals surface area contributed by atoms with Crippen molar-refractivity contribution in [2.24, 2.45) is 0 Å². The number of pyridine rings is 2. The molecule has 0 spiro atoms. The van der Waals surface area contributed by atoms with Crippen molar-refractivity contribution in [2.45, 2.75) is 6.61 Å². The third-order valence-electron chi connectivity index (χ3n) is 5.02. The van der Waals surface area contributed by atoms with E-state index in [0.29, 0.717) is 6.61 Å². The van der Waals surface area contributed by atoms with Crippen molar-refractivity contribution >= 4 is 0 Å². The van der Waals surface area contributed by atoms with Crippen LogP contribution in [0.1, 0.15) is 5.56 Å².